The number of cyclic esters (lactones) is 1. The van der Waals surface area contributed by atoms with Gasteiger partial charge in [-0.15, -0.1) is 0 Å². The molecule has 2 aliphatic heterocycles. The van der Waals surface area contributed by atoms with Crippen molar-refractivity contribution in [2.45, 2.75) is 71.4 Å². The zero-order valence-electron chi connectivity index (χ0n) is 21.3. The topological polar surface area (TPSA) is 132 Å². The standard InChI is InChI=1S/C27H32O9/c1-22(2)14(9-18(30)33-6)24(4)17(10-15(22)28)36-25(5)26(24)16(29)11-23(3)20(13-7-8-34-12-13)35-21(32)19(31)27(23,25)26/h7-8,10,12,14,16,19-20,29,31H,9,11H2,1-6H3/t14-,16-,19-,20-,23-,24-,25-,26+,27+/m0/s1. The minimum Gasteiger partial charge on any atom is -0.490 e. The summed E-state index contributed by atoms with van der Waals surface area (Å²) < 4.78 is 22.7. The van der Waals surface area contributed by atoms with Crippen molar-refractivity contribution in [3.05, 3.63) is 36.0 Å². The van der Waals surface area contributed by atoms with E-state index in [9.17, 15) is 24.6 Å². The maximum Gasteiger partial charge on any atom is 0.336 e. The van der Waals surface area contributed by atoms with Gasteiger partial charge in [-0.3, -0.25) is 9.59 Å². The number of ether oxygens (including phenoxy) is 3. The third-order valence-corrected chi connectivity index (χ3v) is 11.1. The minimum atomic E-state index is -1.58. The van der Waals surface area contributed by atoms with E-state index in [1.807, 2.05) is 13.8 Å². The lowest BCUT2D eigenvalue weighted by Crippen LogP contribution is -2.59. The molecule has 2 saturated carbocycles. The Kier molecular flexibility index (Phi) is 4.23. The van der Waals surface area contributed by atoms with Crippen LogP contribution in [-0.2, 0) is 28.6 Å². The number of methoxy groups -OCH3 is 1. The summed E-state index contributed by atoms with van der Waals surface area (Å²) in [4.78, 5) is 39.2. The number of carbonyl (C=O) groups is 3. The second-order valence-electron chi connectivity index (χ2n) is 12.3. The summed E-state index contributed by atoms with van der Waals surface area (Å²) >= 11 is 0. The molecule has 9 nitrogen and oxygen atoms in total. The highest BCUT2D eigenvalue weighted by atomic mass is 16.6. The van der Waals surface area contributed by atoms with Gasteiger partial charge in [0.05, 0.1) is 43.0 Å². The SMILES string of the molecule is COC(=O)C[C@H]1C(C)(C)C(=O)C=C2O[C@]3(C)[C@@]45[C@@H](O)C(=O)O[C@@H](c6ccoc6)[C@]4(C)C[C@H](O)[C@@]35[C@]21C. The lowest BCUT2D eigenvalue weighted by atomic mass is 9.49. The van der Waals surface area contributed by atoms with Crippen molar-refractivity contribution < 1.29 is 43.2 Å². The minimum absolute atomic E-state index is 0.0878. The lowest BCUT2D eigenvalue weighted by Gasteiger charge is -2.54. The number of allylic oxidation sites excluding steroid dienone is 2. The van der Waals surface area contributed by atoms with Crippen molar-refractivity contribution in [2.75, 3.05) is 7.11 Å². The smallest absolute Gasteiger partial charge is 0.336 e. The fourth-order valence-electron chi connectivity index (χ4n) is 9.96. The van der Waals surface area contributed by atoms with Crippen LogP contribution in [0.4, 0.5) is 0 Å². The summed E-state index contributed by atoms with van der Waals surface area (Å²) in [6.07, 6.45) is 1.20. The number of furan rings is 1. The zero-order chi connectivity index (χ0) is 26.3. The second-order valence-corrected chi connectivity index (χ2v) is 12.3. The Hall–Kier alpha value is -2.65. The average molecular weight is 501 g/mol. The van der Waals surface area contributed by atoms with Gasteiger partial charge in [-0.1, -0.05) is 27.7 Å². The largest absolute Gasteiger partial charge is 0.490 e. The van der Waals surface area contributed by atoms with E-state index in [1.165, 1.54) is 25.7 Å². The summed E-state index contributed by atoms with van der Waals surface area (Å²) in [6.45, 7) is 9.17. The highest BCUT2D eigenvalue weighted by molar-refractivity contribution is 5.97. The molecule has 36 heavy (non-hydrogen) atoms. The number of fused-ring (bicyclic) bond motifs is 1. The van der Waals surface area contributed by atoms with Gasteiger partial charge in [0.25, 0.3) is 0 Å². The van der Waals surface area contributed by atoms with Crippen LogP contribution in [0.25, 0.3) is 0 Å². The van der Waals surface area contributed by atoms with Crippen molar-refractivity contribution in [3.63, 3.8) is 0 Å². The number of esters is 2. The Labute approximate surface area is 208 Å². The normalized spacial score (nSPS) is 49.6. The number of rotatable bonds is 3. The van der Waals surface area contributed by atoms with E-state index >= 15 is 0 Å². The van der Waals surface area contributed by atoms with Crippen LogP contribution in [0.1, 0.15) is 59.1 Å². The molecule has 0 amide bonds. The van der Waals surface area contributed by atoms with Gasteiger partial charge in [0.2, 0.25) is 0 Å². The Morgan fingerprint density at radius 3 is 2.44 bits per heavy atom. The fourth-order valence-corrected chi connectivity index (χ4v) is 9.96. The van der Waals surface area contributed by atoms with Gasteiger partial charge in [-0.25, -0.2) is 4.79 Å². The Balaban J connectivity index is 1.63. The van der Waals surface area contributed by atoms with Gasteiger partial charge in [0.15, 0.2) is 11.9 Å². The van der Waals surface area contributed by atoms with Gasteiger partial charge in [0.1, 0.15) is 17.5 Å². The van der Waals surface area contributed by atoms with Gasteiger partial charge in [-0.2, -0.15) is 0 Å². The molecule has 2 N–H and O–H groups in total. The van der Waals surface area contributed by atoms with Gasteiger partial charge in [-0.05, 0) is 25.3 Å². The monoisotopic (exact) mass is 500 g/mol. The van der Waals surface area contributed by atoms with E-state index in [2.05, 4.69) is 0 Å². The van der Waals surface area contributed by atoms with Gasteiger partial charge < -0.3 is 28.8 Å². The first-order valence-electron chi connectivity index (χ1n) is 12.3. The Morgan fingerprint density at radius 2 is 1.83 bits per heavy atom. The molecule has 2 saturated heterocycles. The molecule has 9 atom stereocenters. The lowest BCUT2D eigenvalue weighted by molar-refractivity contribution is -0.218. The summed E-state index contributed by atoms with van der Waals surface area (Å²) in [5, 5.41) is 23.7. The van der Waals surface area contributed by atoms with Crippen LogP contribution in [0.15, 0.2) is 34.8 Å². The predicted molar refractivity (Wildman–Crippen MR) is 122 cm³/mol. The highest BCUT2D eigenvalue weighted by Gasteiger charge is 3.08. The summed E-state index contributed by atoms with van der Waals surface area (Å²) in [5.41, 5.74) is -6.00. The van der Waals surface area contributed by atoms with E-state index in [4.69, 9.17) is 18.6 Å². The average Bonchev–Trinajstić information content (AvgIpc) is 3.20. The van der Waals surface area contributed by atoms with Crippen molar-refractivity contribution in [1.82, 2.24) is 0 Å². The van der Waals surface area contributed by atoms with Crippen molar-refractivity contribution in [3.8, 4) is 0 Å². The van der Waals surface area contributed by atoms with Crippen LogP contribution >= 0.6 is 0 Å². The number of hydrogen-bond donors (Lipinski definition) is 2. The first-order chi connectivity index (χ1) is 16.7. The Bertz CT molecular complexity index is 1230. The molecular weight excluding hydrogens is 468 g/mol. The van der Waals surface area contributed by atoms with Crippen molar-refractivity contribution >= 4 is 17.7 Å². The van der Waals surface area contributed by atoms with Crippen LogP contribution < -0.4 is 0 Å². The maximum atomic E-state index is 13.3. The highest BCUT2D eigenvalue weighted by Crippen LogP contribution is 2.99. The number of aliphatic hydroxyl groups excluding tert-OH is 2. The van der Waals surface area contributed by atoms with Crippen LogP contribution in [0.3, 0.4) is 0 Å². The molecule has 1 aromatic heterocycles. The third kappa shape index (κ3) is 1.96. The van der Waals surface area contributed by atoms with Gasteiger partial charge >= 0.3 is 11.9 Å². The number of aliphatic hydroxyl groups is 2. The van der Waals surface area contributed by atoms with Crippen LogP contribution in [0.5, 0.6) is 0 Å². The molecule has 4 fully saturated rings. The molecule has 3 heterocycles. The molecule has 194 valence electrons. The van der Waals surface area contributed by atoms with Crippen LogP contribution in [-0.4, -0.2) is 52.9 Å². The van der Waals surface area contributed by atoms with Crippen molar-refractivity contribution in [1.29, 1.82) is 0 Å². The first kappa shape index (κ1) is 23.7. The van der Waals surface area contributed by atoms with E-state index < -0.39 is 68.8 Å². The number of ketones is 1. The summed E-state index contributed by atoms with van der Waals surface area (Å²) in [7, 11) is 1.29. The molecule has 0 radical (unpaired) electrons. The van der Waals surface area contributed by atoms with Crippen LogP contribution in [0, 0.1) is 33.0 Å². The fraction of sp³-hybridized carbons (Fsp3) is 0.667. The van der Waals surface area contributed by atoms with E-state index in [-0.39, 0.29) is 18.6 Å². The number of carbonyl (C=O) groups excluding carboxylic acids is 3. The third-order valence-electron chi connectivity index (χ3n) is 11.1. The molecule has 0 bridgehead atoms. The molecule has 0 aromatic carbocycles. The number of hydrogen-bond acceptors (Lipinski definition) is 9. The molecule has 1 aromatic rings. The zero-order valence-corrected chi connectivity index (χ0v) is 21.3. The predicted octanol–water partition coefficient (Wildman–Crippen LogP) is 2.46. The molecule has 5 aliphatic rings. The van der Waals surface area contributed by atoms with Crippen LogP contribution in [0.2, 0.25) is 0 Å². The summed E-state index contributed by atoms with van der Waals surface area (Å²) in [5.74, 6) is -1.72. The van der Waals surface area contributed by atoms with E-state index in [0.29, 0.717) is 11.3 Å². The molecule has 2 spiro atoms. The second kappa shape index (κ2) is 6.42. The molecule has 9 heteroatoms. The molecule has 0 unspecified atom stereocenters. The van der Waals surface area contributed by atoms with Gasteiger partial charge in [0, 0.05) is 27.9 Å². The van der Waals surface area contributed by atoms with E-state index in [1.54, 1.807) is 26.8 Å². The Morgan fingerprint density at radius 1 is 1.14 bits per heavy atom. The quantitative estimate of drug-likeness (QED) is 0.601. The molecule has 3 aliphatic carbocycles. The maximum absolute atomic E-state index is 13.3. The summed E-state index contributed by atoms with van der Waals surface area (Å²) in [6, 6.07) is 1.71. The molecule has 6 rings (SSSR count). The molecular formula is C27H32O9. The van der Waals surface area contributed by atoms with E-state index in [0.717, 1.165) is 0 Å². The van der Waals surface area contributed by atoms with Crippen molar-refractivity contribution in [2.24, 2.45) is 33.0 Å². The first-order valence-corrected chi connectivity index (χ1v) is 12.3.